The molecular weight excluding hydrogens is 280 g/mol. The van der Waals surface area contributed by atoms with Gasteiger partial charge in [-0.25, -0.2) is 0 Å². The number of hydrogen-bond donors (Lipinski definition) is 1. The zero-order valence-corrected chi connectivity index (χ0v) is 13.0. The van der Waals surface area contributed by atoms with Crippen LogP contribution < -0.4 is 9.47 Å². The van der Waals surface area contributed by atoms with E-state index in [0.29, 0.717) is 11.5 Å². The van der Waals surface area contributed by atoms with Gasteiger partial charge in [0.05, 0.1) is 25.0 Å². The molecule has 1 aromatic carbocycles. The summed E-state index contributed by atoms with van der Waals surface area (Å²) in [5.41, 5.74) is 0.770. The Morgan fingerprint density at radius 3 is 2.59 bits per heavy atom. The van der Waals surface area contributed by atoms with Crippen LogP contribution >= 0.6 is 0 Å². The Kier molecular flexibility index (Phi) is 5.32. The molecule has 0 saturated heterocycles. The first kappa shape index (κ1) is 16.2. The Morgan fingerprint density at radius 1 is 1.36 bits per heavy atom. The normalized spacial score (nSPS) is 17.5. The molecule has 4 heteroatoms. The van der Waals surface area contributed by atoms with Gasteiger partial charge in [-0.15, -0.1) is 6.42 Å². The first-order valence-corrected chi connectivity index (χ1v) is 7.60. The molecular formula is C18H22O4. The maximum absolute atomic E-state index is 11.2. The van der Waals surface area contributed by atoms with Crippen molar-refractivity contribution in [3.63, 3.8) is 0 Å². The number of benzene rings is 1. The van der Waals surface area contributed by atoms with Crippen LogP contribution in [0.25, 0.3) is 0 Å². The topological polar surface area (TPSA) is 55.8 Å². The number of hydrogen-bond acceptors (Lipinski definition) is 3. The van der Waals surface area contributed by atoms with Gasteiger partial charge in [-0.1, -0.05) is 18.9 Å². The van der Waals surface area contributed by atoms with Crippen molar-refractivity contribution in [2.45, 2.75) is 44.6 Å². The summed E-state index contributed by atoms with van der Waals surface area (Å²) < 4.78 is 11.4. The molecule has 1 aliphatic carbocycles. The number of carboxylic acid groups (broad SMARTS) is 1. The minimum absolute atomic E-state index is 0.199. The van der Waals surface area contributed by atoms with Crippen LogP contribution in [0.15, 0.2) is 18.2 Å². The number of methoxy groups -OCH3 is 1. The average Bonchev–Trinajstić information content (AvgIpc) is 3.01. The van der Waals surface area contributed by atoms with E-state index in [0.717, 1.165) is 18.4 Å². The zero-order chi connectivity index (χ0) is 16.1. The van der Waals surface area contributed by atoms with E-state index < -0.39 is 17.8 Å². The summed E-state index contributed by atoms with van der Waals surface area (Å²) in [4.78, 5) is 11.2. The lowest BCUT2D eigenvalue weighted by molar-refractivity contribution is -0.141. The summed E-state index contributed by atoms with van der Waals surface area (Å²) in [6.45, 7) is 1.62. The van der Waals surface area contributed by atoms with E-state index in [1.807, 2.05) is 12.1 Å². The molecule has 1 N–H and O–H groups in total. The van der Waals surface area contributed by atoms with Gasteiger partial charge in [0.1, 0.15) is 0 Å². The fourth-order valence-corrected chi connectivity index (χ4v) is 2.84. The Hall–Kier alpha value is -2.15. The van der Waals surface area contributed by atoms with Crippen molar-refractivity contribution in [1.29, 1.82) is 0 Å². The molecule has 0 amide bonds. The fourth-order valence-electron chi connectivity index (χ4n) is 2.84. The Balaban J connectivity index is 2.28. The highest BCUT2D eigenvalue weighted by Gasteiger charge is 2.25. The lowest BCUT2D eigenvalue weighted by Gasteiger charge is -2.20. The van der Waals surface area contributed by atoms with Crippen molar-refractivity contribution in [3.8, 4) is 23.8 Å². The number of ether oxygens (including phenoxy) is 2. The first-order chi connectivity index (χ1) is 10.6. The molecule has 0 radical (unpaired) electrons. The molecule has 0 heterocycles. The summed E-state index contributed by atoms with van der Waals surface area (Å²) in [5.74, 6) is 1.82. The number of aliphatic carboxylic acids is 1. The largest absolute Gasteiger partial charge is 0.493 e. The lowest BCUT2D eigenvalue weighted by Crippen LogP contribution is -2.18. The lowest BCUT2D eigenvalue weighted by atomic mass is 9.88. The van der Waals surface area contributed by atoms with Crippen LogP contribution in [0.3, 0.4) is 0 Å². The summed E-state index contributed by atoms with van der Waals surface area (Å²) in [6, 6.07) is 5.42. The molecule has 2 atom stereocenters. The SMILES string of the molecule is C#CC(c1ccc(OC)c(OC2CCCC2)c1)[C@@H](C)C(=O)O. The van der Waals surface area contributed by atoms with Crippen molar-refractivity contribution in [3.05, 3.63) is 23.8 Å². The second-order valence-corrected chi connectivity index (χ2v) is 5.71. The van der Waals surface area contributed by atoms with E-state index in [-0.39, 0.29) is 6.10 Å². The average molecular weight is 302 g/mol. The molecule has 22 heavy (non-hydrogen) atoms. The van der Waals surface area contributed by atoms with Crippen LogP contribution in [0.2, 0.25) is 0 Å². The highest BCUT2D eigenvalue weighted by Crippen LogP contribution is 2.35. The molecule has 0 bridgehead atoms. The number of rotatable bonds is 6. The van der Waals surface area contributed by atoms with Gasteiger partial charge in [-0.05, 0) is 43.4 Å². The molecule has 1 aromatic rings. The van der Waals surface area contributed by atoms with Gasteiger partial charge in [-0.3, -0.25) is 4.79 Å². The molecule has 1 aliphatic rings. The Labute approximate surface area is 131 Å². The van der Waals surface area contributed by atoms with Crippen LogP contribution in [0.4, 0.5) is 0 Å². The monoisotopic (exact) mass is 302 g/mol. The van der Waals surface area contributed by atoms with E-state index >= 15 is 0 Å². The Bertz CT molecular complexity index is 567. The molecule has 118 valence electrons. The quantitative estimate of drug-likeness (QED) is 0.818. The molecule has 0 aliphatic heterocycles. The highest BCUT2D eigenvalue weighted by atomic mass is 16.5. The van der Waals surface area contributed by atoms with E-state index in [9.17, 15) is 9.90 Å². The van der Waals surface area contributed by atoms with Crippen LogP contribution in [-0.4, -0.2) is 24.3 Å². The molecule has 4 nitrogen and oxygen atoms in total. The maximum atomic E-state index is 11.2. The van der Waals surface area contributed by atoms with Gasteiger partial charge < -0.3 is 14.6 Å². The maximum Gasteiger partial charge on any atom is 0.307 e. The standard InChI is InChI=1S/C18H22O4/c1-4-15(12(2)18(19)20)13-9-10-16(21-3)17(11-13)22-14-7-5-6-8-14/h1,9-12,14-15H,5-8H2,2-3H3,(H,19,20)/t12-,15?/m1/s1. The third-order valence-electron chi connectivity index (χ3n) is 4.21. The van der Waals surface area contributed by atoms with Gasteiger partial charge >= 0.3 is 5.97 Å². The van der Waals surface area contributed by atoms with E-state index in [4.69, 9.17) is 15.9 Å². The molecule has 0 spiro atoms. The Morgan fingerprint density at radius 2 is 2.05 bits per heavy atom. The van der Waals surface area contributed by atoms with Crippen molar-refractivity contribution in [1.82, 2.24) is 0 Å². The third-order valence-corrected chi connectivity index (χ3v) is 4.21. The van der Waals surface area contributed by atoms with Gasteiger partial charge in [-0.2, -0.15) is 0 Å². The minimum atomic E-state index is -0.906. The number of carbonyl (C=O) groups is 1. The summed E-state index contributed by atoms with van der Waals surface area (Å²) in [7, 11) is 1.59. The fraction of sp³-hybridized carbons (Fsp3) is 0.500. The van der Waals surface area contributed by atoms with Crippen molar-refractivity contribution < 1.29 is 19.4 Å². The second-order valence-electron chi connectivity index (χ2n) is 5.71. The minimum Gasteiger partial charge on any atom is -0.493 e. The van der Waals surface area contributed by atoms with E-state index in [1.165, 1.54) is 12.8 Å². The van der Waals surface area contributed by atoms with Crippen molar-refractivity contribution in [2.75, 3.05) is 7.11 Å². The predicted molar refractivity (Wildman–Crippen MR) is 84.3 cm³/mol. The smallest absolute Gasteiger partial charge is 0.307 e. The van der Waals surface area contributed by atoms with Crippen LogP contribution in [0.1, 0.15) is 44.1 Å². The van der Waals surface area contributed by atoms with Crippen molar-refractivity contribution in [2.24, 2.45) is 5.92 Å². The van der Waals surface area contributed by atoms with Gasteiger partial charge in [0.15, 0.2) is 11.5 Å². The number of carboxylic acids is 1. The zero-order valence-electron chi connectivity index (χ0n) is 13.0. The van der Waals surface area contributed by atoms with E-state index in [2.05, 4.69) is 5.92 Å². The van der Waals surface area contributed by atoms with Gasteiger partial charge in [0.25, 0.3) is 0 Å². The second kappa shape index (κ2) is 7.22. The molecule has 0 aromatic heterocycles. The number of terminal acetylenes is 1. The van der Waals surface area contributed by atoms with Crippen LogP contribution in [0.5, 0.6) is 11.5 Å². The highest BCUT2D eigenvalue weighted by molar-refractivity contribution is 5.72. The summed E-state index contributed by atoms with van der Waals surface area (Å²) >= 11 is 0. The first-order valence-electron chi connectivity index (χ1n) is 7.60. The molecule has 1 fully saturated rings. The molecule has 1 unspecified atom stereocenters. The summed E-state index contributed by atoms with van der Waals surface area (Å²) in [5, 5.41) is 9.19. The molecule has 1 saturated carbocycles. The summed E-state index contributed by atoms with van der Waals surface area (Å²) in [6.07, 6.45) is 10.2. The van der Waals surface area contributed by atoms with Crippen molar-refractivity contribution >= 4 is 5.97 Å². The van der Waals surface area contributed by atoms with Crippen LogP contribution in [-0.2, 0) is 4.79 Å². The van der Waals surface area contributed by atoms with Gasteiger partial charge in [0.2, 0.25) is 0 Å². The predicted octanol–water partition coefficient (Wildman–Crippen LogP) is 3.45. The van der Waals surface area contributed by atoms with E-state index in [1.54, 1.807) is 20.1 Å². The third kappa shape index (κ3) is 3.54. The van der Waals surface area contributed by atoms with Gasteiger partial charge in [0, 0.05) is 0 Å². The molecule has 2 rings (SSSR count). The van der Waals surface area contributed by atoms with Crippen LogP contribution in [0, 0.1) is 18.3 Å².